The van der Waals surface area contributed by atoms with Crippen LogP contribution in [0.3, 0.4) is 0 Å². The third kappa shape index (κ3) is 4.20. The number of carbonyl (C=O) groups excluding carboxylic acids is 2. The standard InChI is InChI=1S/C20H24N4O2/c1-2-23(15-17-6-4-3-5-7-17)19-14-18(8-9-21-19)20(26)24-12-10-22(16-25)11-13-24/h3-9,14,16H,2,10-13,15H2,1H3. The lowest BCUT2D eigenvalue weighted by molar-refractivity contribution is -0.119. The van der Waals surface area contributed by atoms with Crippen molar-refractivity contribution in [2.24, 2.45) is 0 Å². The van der Waals surface area contributed by atoms with Gasteiger partial charge in [0, 0.05) is 51.0 Å². The Morgan fingerprint density at radius 3 is 2.54 bits per heavy atom. The first-order chi connectivity index (χ1) is 12.7. The maximum atomic E-state index is 12.8. The zero-order valence-electron chi connectivity index (χ0n) is 15.0. The Morgan fingerprint density at radius 2 is 1.88 bits per heavy atom. The van der Waals surface area contributed by atoms with Crippen molar-refractivity contribution < 1.29 is 9.59 Å². The van der Waals surface area contributed by atoms with E-state index in [4.69, 9.17) is 0 Å². The summed E-state index contributed by atoms with van der Waals surface area (Å²) in [5.41, 5.74) is 1.85. The minimum absolute atomic E-state index is 0.00466. The summed E-state index contributed by atoms with van der Waals surface area (Å²) in [5, 5.41) is 0. The van der Waals surface area contributed by atoms with Crippen LogP contribution in [0.1, 0.15) is 22.8 Å². The average Bonchev–Trinajstić information content (AvgIpc) is 2.72. The first-order valence-corrected chi connectivity index (χ1v) is 8.95. The first kappa shape index (κ1) is 17.9. The molecule has 1 aliphatic heterocycles. The van der Waals surface area contributed by atoms with Gasteiger partial charge < -0.3 is 14.7 Å². The molecule has 2 aromatic rings. The van der Waals surface area contributed by atoms with Gasteiger partial charge in [0.1, 0.15) is 5.82 Å². The van der Waals surface area contributed by atoms with Gasteiger partial charge in [-0.05, 0) is 24.6 Å². The summed E-state index contributed by atoms with van der Waals surface area (Å²) in [6.45, 7) is 5.94. The number of amides is 2. The van der Waals surface area contributed by atoms with Crippen molar-refractivity contribution in [3.63, 3.8) is 0 Å². The van der Waals surface area contributed by atoms with E-state index in [1.165, 1.54) is 5.56 Å². The molecule has 0 spiro atoms. The zero-order chi connectivity index (χ0) is 18.4. The molecular weight excluding hydrogens is 328 g/mol. The smallest absolute Gasteiger partial charge is 0.254 e. The van der Waals surface area contributed by atoms with Crippen LogP contribution < -0.4 is 4.90 Å². The van der Waals surface area contributed by atoms with Crippen LogP contribution >= 0.6 is 0 Å². The second-order valence-corrected chi connectivity index (χ2v) is 6.34. The summed E-state index contributed by atoms with van der Waals surface area (Å²) < 4.78 is 0. The molecule has 0 saturated carbocycles. The number of nitrogens with zero attached hydrogens (tertiary/aromatic N) is 4. The molecule has 1 aliphatic rings. The number of hydrogen-bond donors (Lipinski definition) is 0. The maximum absolute atomic E-state index is 12.8. The lowest BCUT2D eigenvalue weighted by Gasteiger charge is -2.32. The van der Waals surface area contributed by atoms with Crippen molar-refractivity contribution >= 4 is 18.1 Å². The first-order valence-electron chi connectivity index (χ1n) is 8.95. The summed E-state index contributed by atoms with van der Waals surface area (Å²) in [6, 6.07) is 13.8. The molecule has 0 N–H and O–H groups in total. The van der Waals surface area contributed by atoms with Crippen LogP contribution in [0.25, 0.3) is 0 Å². The highest BCUT2D eigenvalue weighted by Gasteiger charge is 2.22. The Hall–Kier alpha value is -2.89. The van der Waals surface area contributed by atoms with E-state index >= 15 is 0 Å². The Kier molecular flexibility index (Phi) is 5.84. The third-order valence-corrected chi connectivity index (χ3v) is 4.66. The molecule has 2 amide bonds. The van der Waals surface area contributed by atoms with Crippen LogP contribution in [0.2, 0.25) is 0 Å². The molecule has 6 heteroatoms. The molecule has 1 saturated heterocycles. The summed E-state index contributed by atoms with van der Waals surface area (Å²) in [7, 11) is 0. The average molecular weight is 352 g/mol. The zero-order valence-corrected chi connectivity index (χ0v) is 15.0. The Balaban J connectivity index is 1.72. The van der Waals surface area contributed by atoms with Crippen molar-refractivity contribution in [1.82, 2.24) is 14.8 Å². The van der Waals surface area contributed by atoms with Gasteiger partial charge in [-0.1, -0.05) is 30.3 Å². The summed E-state index contributed by atoms with van der Waals surface area (Å²) >= 11 is 0. The number of carbonyl (C=O) groups is 2. The van der Waals surface area contributed by atoms with Gasteiger partial charge in [0.2, 0.25) is 6.41 Å². The van der Waals surface area contributed by atoms with Gasteiger partial charge in [-0.25, -0.2) is 4.98 Å². The third-order valence-electron chi connectivity index (χ3n) is 4.66. The van der Waals surface area contributed by atoms with E-state index in [1.807, 2.05) is 24.3 Å². The lowest BCUT2D eigenvalue weighted by atomic mass is 10.2. The monoisotopic (exact) mass is 352 g/mol. The molecular formula is C20H24N4O2. The van der Waals surface area contributed by atoms with Gasteiger partial charge >= 0.3 is 0 Å². The van der Waals surface area contributed by atoms with Crippen molar-refractivity contribution in [3.05, 3.63) is 59.8 Å². The van der Waals surface area contributed by atoms with Gasteiger partial charge in [-0.3, -0.25) is 9.59 Å². The minimum atomic E-state index is -0.00466. The number of benzene rings is 1. The van der Waals surface area contributed by atoms with Crippen LogP contribution in [-0.4, -0.2) is 59.8 Å². The van der Waals surface area contributed by atoms with Crippen molar-refractivity contribution in [1.29, 1.82) is 0 Å². The molecule has 1 fully saturated rings. The van der Waals surface area contributed by atoms with E-state index in [9.17, 15) is 9.59 Å². The van der Waals surface area contributed by atoms with Gasteiger partial charge in [0.15, 0.2) is 0 Å². The fourth-order valence-corrected chi connectivity index (χ4v) is 3.10. The molecule has 0 bridgehead atoms. The summed E-state index contributed by atoms with van der Waals surface area (Å²) in [4.78, 5) is 33.7. The molecule has 6 nitrogen and oxygen atoms in total. The molecule has 0 radical (unpaired) electrons. The molecule has 0 unspecified atom stereocenters. The second-order valence-electron chi connectivity index (χ2n) is 6.34. The highest BCUT2D eigenvalue weighted by molar-refractivity contribution is 5.95. The number of pyridine rings is 1. The topological polar surface area (TPSA) is 56.8 Å². The molecule has 136 valence electrons. The van der Waals surface area contributed by atoms with Gasteiger partial charge in [0.25, 0.3) is 5.91 Å². The van der Waals surface area contributed by atoms with Crippen LogP contribution in [0.4, 0.5) is 5.82 Å². The van der Waals surface area contributed by atoms with E-state index in [0.29, 0.717) is 31.7 Å². The predicted octanol–water partition coefficient (Wildman–Crippen LogP) is 2.02. The Labute approximate surface area is 154 Å². The number of piperazine rings is 1. The highest BCUT2D eigenvalue weighted by atomic mass is 16.2. The maximum Gasteiger partial charge on any atom is 0.254 e. The molecule has 1 aromatic carbocycles. The summed E-state index contributed by atoms with van der Waals surface area (Å²) in [5.74, 6) is 0.795. The van der Waals surface area contributed by atoms with Crippen molar-refractivity contribution in [2.75, 3.05) is 37.6 Å². The van der Waals surface area contributed by atoms with E-state index in [-0.39, 0.29) is 5.91 Å². The number of hydrogen-bond acceptors (Lipinski definition) is 4. The van der Waals surface area contributed by atoms with E-state index in [1.54, 1.807) is 22.1 Å². The van der Waals surface area contributed by atoms with Crippen molar-refractivity contribution in [3.8, 4) is 0 Å². The number of rotatable bonds is 6. The quantitative estimate of drug-likeness (QED) is 0.747. The molecule has 26 heavy (non-hydrogen) atoms. The number of aromatic nitrogens is 1. The normalized spacial score (nSPS) is 14.2. The second kappa shape index (κ2) is 8.47. The molecule has 1 aromatic heterocycles. The SMILES string of the molecule is CCN(Cc1ccccc1)c1cc(C(=O)N2CCN(C=O)CC2)ccn1. The summed E-state index contributed by atoms with van der Waals surface area (Å²) in [6.07, 6.45) is 2.53. The lowest BCUT2D eigenvalue weighted by Crippen LogP contribution is -2.48. The fraction of sp³-hybridized carbons (Fsp3) is 0.350. The molecule has 2 heterocycles. The van der Waals surface area contributed by atoms with E-state index in [2.05, 4.69) is 28.9 Å². The van der Waals surface area contributed by atoms with Gasteiger partial charge in [0.05, 0.1) is 0 Å². The molecule has 0 atom stereocenters. The Morgan fingerprint density at radius 1 is 1.15 bits per heavy atom. The van der Waals surface area contributed by atoms with Crippen molar-refractivity contribution in [2.45, 2.75) is 13.5 Å². The van der Waals surface area contributed by atoms with Gasteiger partial charge in [-0.2, -0.15) is 0 Å². The van der Waals surface area contributed by atoms with E-state index < -0.39 is 0 Å². The van der Waals surface area contributed by atoms with Crippen LogP contribution in [0.15, 0.2) is 48.7 Å². The highest BCUT2D eigenvalue weighted by Crippen LogP contribution is 2.17. The molecule has 3 rings (SSSR count). The largest absolute Gasteiger partial charge is 0.353 e. The van der Waals surface area contributed by atoms with Crippen LogP contribution in [-0.2, 0) is 11.3 Å². The van der Waals surface area contributed by atoms with Crippen LogP contribution in [0, 0.1) is 0 Å². The fourth-order valence-electron chi connectivity index (χ4n) is 3.10. The molecule has 0 aliphatic carbocycles. The predicted molar refractivity (Wildman–Crippen MR) is 101 cm³/mol. The van der Waals surface area contributed by atoms with E-state index in [0.717, 1.165) is 25.3 Å². The number of anilines is 1. The Bertz CT molecular complexity index is 742. The van der Waals surface area contributed by atoms with Crippen LogP contribution in [0.5, 0.6) is 0 Å². The minimum Gasteiger partial charge on any atom is -0.353 e. The van der Waals surface area contributed by atoms with Gasteiger partial charge in [-0.15, -0.1) is 0 Å².